The molecule has 7 heteroatoms. The molecule has 0 aromatic carbocycles. The lowest BCUT2D eigenvalue weighted by Gasteiger charge is -2.16. The average Bonchev–Trinajstić information content (AvgIpc) is 2.62. The third kappa shape index (κ3) is 4.59. The van der Waals surface area contributed by atoms with E-state index in [-0.39, 0.29) is 18.8 Å². The Balaban J connectivity index is 2.93. The van der Waals surface area contributed by atoms with Gasteiger partial charge in [0, 0.05) is 5.57 Å². The highest BCUT2D eigenvalue weighted by molar-refractivity contribution is 5.93. The fourth-order valence-corrected chi connectivity index (χ4v) is 1.93. The summed E-state index contributed by atoms with van der Waals surface area (Å²) in [6, 6.07) is 0. The standard InChI is InChI=1S/C13H20O7/c1-4-18-12(17)8(6-11(15)16)5-9-10(7-14)20-13(2,3)19-9/h5,9-10,14H,4,6-7H2,1-3H3,(H,15,16)/b8-5+/t9-,10-/m0/s1. The maximum atomic E-state index is 11.7. The Morgan fingerprint density at radius 1 is 1.35 bits per heavy atom. The summed E-state index contributed by atoms with van der Waals surface area (Å²) in [7, 11) is 0. The van der Waals surface area contributed by atoms with Gasteiger partial charge in [0.25, 0.3) is 0 Å². The van der Waals surface area contributed by atoms with E-state index in [0.29, 0.717) is 0 Å². The molecule has 0 unspecified atom stereocenters. The van der Waals surface area contributed by atoms with Crippen LogP contribution in [0, 0.1) is 0 Å². The maximum Gasteiger partial charge on any atom is 0.334 e. The van der Waals surface area contributed by atoms with Crippen LogP contribution in [-0.2, 0) is 23.8 Å². The largest absolute Gasteiger partial charge is 0.481 e. The van der Waals surface area contributed by atoms with Crippen LogP contribution in [0.15, 0.2) is 11.6 Å². The second kappa shape index (κ2) is 6.83. The van der Waals surface area contributed by atoms with Crippen LogP contribution in [0.1, 0.15) is 27.2 Å². The van der Waals surface area contributed by atoms with Crippen LogP contribution >= 0.6 is 0 Å². The Morgan fingerprint density at radius 2 is 2.00 bits per heavy atom. The number of carboxylic acids is 1. The van der Waals surface area contributed by atoms with Crippen molar-refractivity contribution in [3.05, 3.63) is 11.6 Å². The van der Waals surface area contributed by atoms with Crippen molar-refractivity contribution in [2.45, 2.75) is 45.2 Å². The molecule has 114 valence electrons. The minimum Gasteiger partial charge on any atom is -0.481 e. The lowest BCUT2D eigenvalue weighted by molar-refractivity contribution is -0.147. The Hall–Kier alpha value is -1.44. The molecule has 1 saturated heterocycles. The molecule has 0 aromatic heterocycles. The summed E-state index contributed by atoms with van der Waals surface area (Å²) in [4.78, 5) is 22.5. The number of aliphatic carboxylic acids is 1. The zero-order chi connectivity index (χ0) is 15.3. The van der Waals surface area contributed by atoms with Gasteiger partial charge in [0.2, 0.25) is 0 Å². The average molecular weight is 288 g/mol. The first kappa shape index (κ1) is 16.6. The number of aliphatic hydroxyl groups excluding tert-OH is 1. The summed E-state index contributed by atoms with van der Waals surface area (Å²) in [5, 5.41) is 18.1. The van der Waals surface area contributed by atoms with Gasteiger partial charge in [-0.1, -0.05) is 0 Å². The molecule has 1 aliphatic rings. The van der Waals surface area contributed by atoms with Gasteiger partial charge in [-0.05, 0) is 26.8 Å². The summed E-state index contributed by atoms with van der Waals surface area (Å²) in [6.07, 6.45) is -0.476. The maximum absolute atomic E-state index is 11.7. The summed E-state index contributed by atoms with van der Waals surface area (Å²) in [6.45, 7) is 4.82. The molecular weight excluding hydrogens is 268 g/mol. The van der Waals surface area contributed by atoms with Crippen molar-refractivity contribution < 1.29 is 34.0 Å². The first-order valence-electron chi connectivity index (χ1n) is 6.35. The smallest absolute Gasteiger partial charge is 0.334 e. The monoisotopic (exact) mass is 288 g/mol. The fourth-order valence-electron chi connectivity index (χ4n) is 1.93. The predicted molar refractivity (Wildman–Crippen MR) is 67.9 cm³/mol. The Kier molecular flexibility index (Phi) is 5.67. The zero-order valence-electron chi connectivity index (χ0n) is 11.8. The molecule has 1 fully saturated rings. The molecule has 20 heavy (non-hydrogen) atoms. The third-order valence-corrected chi connectivity index (χ3v) is 2.65. The van der Waals surface area contributed by atoms with Crippen molar-refractivity contribution in [1.82, 2.24) is 0 Å². The van der Waals surface area contributed by atoms with Gasteiger partial charge in [0.1, 0.15) is 12.2 Å². The van der Waals surface area contributed by atoms with Gasteiger partial charge in [-0.25, -0.2) is 4.79 Å². The second-order valence-corrected chi connectivity index (χ2v) is 4.80. The van der Waals surface area contributed by atoms with Crippen molar-refractivity contribution in [3.8, 4) is 0 Å². The predicted octanol–water partition coefficient (Wildman–Crippen LogP) is 0.463. The van der Waals surface area contributed by atoms with Crippen LogP contribution in [-0.4, -0.2) is 53.4 Å². The van der Waals surface area contributed by atoms with E-state index in [9.17, 15) is 14.7 Å². The Morgan fingerprint density at radius 3 is 2.50 bits per heavy atom. The summed E-state index contributed by atoms with van der Waals surface area (Å²) < 4.78 is 15.8. The van der Waals surface area contributed by atoms with E-state index in [1.54, 1.807) is 20.8 Å². The lowest BCUT2D eigenvalue weighted by atomic mass is 10.1. The molecule has 1 aliphatic heterocycles. The minimum absolute atomic E-state index is 0.0240. The minimum atomic E-state index is -1.15. The molecule has 0 bridgehead atoms. The molecule has 1 heterocycles. The molecule has 0 aromatic rings. The molecular formula is C13H20O7. The number of aliphatic hydroxyl groups is 1. The first-order valence-corrected chi connectivity index (χ1v) is 6.35. The molecule has 0 spiro atoms. The van der Waals surface area contributed by atoms with Crippen LogP contribution in [0.5, 0.6) is 0 Å². The number of hydrogen-bond acceptors (Lipinski definition) is 6. The summed E-state index contributed by atoms with van der Waals surface area (Å²) >= 11 is 0. The quantitative estimate of drug-likeness (QED) is 0.540. The van der Waals surface area contributed by atoms with Crippen molar-refractivity contribution in [2.24, 2.45) is 0 Å². The number of carboxylic acid groups (broad SMARTS) is 1. The molecule has 1 rings (SSSR count). The molecule has 7 nitrogen and oxygen atoms in total. The summed E-state index contributed by atoms with van der Waals surface area (Å²) in [5.74, 6) is -2.76. The van der Waals surface area contributed by atoms with E-state index in [4.69, 9.17) is 19.3 Å². The normalized spacial score (nSPS) is 25.5. The van der Waals surface area contributed by atoms with Crippen LogP contribution < -0.4 is 0 Å². The van der Waals surface area contributed by atoms with Gasteiger partial charge in [-0.2, -0.15) is 0 Å². The van der Waals surface area contributed by atoms with E-state index >= 15 is 0 Å². The van der Waals surface area contributed by atoms with Crippen LogP contribution in [0.4, 0.5) is 0 Å². The topological polar surface area (TPSA) is 102 Å². The van der Waals surface area contributed by atoms with E-state index in [1.165, 1.54) is 6.08 Å². The second-order valence-electron chi connectivity index (χ2n) is 4.80. The van der Waals surface area contributed by atoms with Gasteiger partial charge < -0.3 is 24.4 Å². The highest BCUT2D eigenvalue weighted by Crippen LogP contribution is 2.29. The molecule has 2 N–H and O–H groups in total. The number of rotatable bonds is 6. The molecule has 0 amide bonds. The third-order valence-electron chi connectivity index (χ3n) is 2.65. The number of carbonyl (C=O) groups excluding carboxylic acids is 1. The van der Waals surface area contributed by atoms with Crippen molar-refractivity contribution in [3.63, 3.8) is 0 Å². The van der Waals surface area contributed by atoms with Gasteiger partial charge >= 0.3 is 11.9 Å². The van der Waals surface area contributed by atoms with Crippen LogP contribution in [0.25, 0.3) is 0 Å². The zero-order valence-corrected chi connectivity index (χ0v) is 11.8. The van der Waals surface area contributed by atoms with Crippen molar-refractivity contribution >= 4 is 11.9 Å². The molecule has 0 radical (unpaired) electrons. The van der Waals surface area contributed by atoms with E-state index in [0.717, 1.165) is 0 Å². The molecule has 0 saturated carbocycles. The van der Waals surface area contributed by atoms with E-state index in [2.05, 4.69) is 0 Å². The fraction of sp³-hybridized carbons (Fsp3) is 0.692. The van der Waals surface area contributed by atoms with Gasteiger partial charge in [-0.3, -0.25) is 4.79 Å². The Bertz CT molecular complexity index is 400. The molecule has 2 atom stereocenters. The SMILES string of the molecule is CCOC(=O)/C(=C/[C@@H]1OC(C)(C)O[C@H]1CO)CC(=O)O. The van der Waals surface area contributed by atoms with Crippen LogP contribution in [0.2, 0.25) is 0 Å². The lowest BCUT2D eigenvalue weighted by Crippen LogP contribution is -2.26. The number of ether oxygens (including phenoxy) is 3. The Labute approximate surface area is 117 Å². The van der Waals surface area contributed by atoms with Crippen LogP contribution in [0.3, 0.4) is 0 Å². The highest BCUT2D eigenvalue weighted by Gasteiger charge is 2.40. The number of hydrogen-bond donors (Lipinski definition) is 2. The highest BCUT2D eigenvalue weighted by atomic mass is 16.8. The van der Waals surface area contributed by atoms with Crippen molar-refractivity contribution in [1.29, 1.82) is 0 Å². The number of carbonyl (C=O) groups is 2. The molecule has 0 aliphatic carbocycles. The van der Waals surface area contributed by atoms with Crippen molar-refractivity contribution in [2.75, 3.05) is 13.2 Å². The van der Waals surface area contributed by atoms with E-state index < -0.39 is 36.4 Å². The van der Waals surface area contributed by atoms with Gasteiger partial charge in [0.05, 0.1) is 19.6 Å². The van der Waals surface area contributed by atoms with E-state index in [1.807, 2.05) is 0 Å². The van der Waals surface area contributed by atoms with Gasteiger partial charge in [0.15, 0.2) is 5.79 Å². The first-order chi connectivity index (χ1) is 9.29. The summed E-state index contributed by atoms with van der Waals surface area (Å²) in [5.41, 5.74) is -0.0240. The van der Waals surface area contributed by atoms with Gasteiger partial charge in [-0.15, -0.1) is 0 Å². The number of esters is 1.